The first-order valence-electron chi connectivity index (χ1n) is 14.7. The van der Waals surface area contributed by atoms with E-state index in [-0.39, 0.29) is 62.0 Å². The number of ketones is 1. The van der Waals surface area contributed by atoms with Gasteiger partial charge in [-0.25, -0.2) is 4.79 Å². The zero-order valence-electron chi connectivity index (χ0n) is 23.7. The van der Waals surface area contributed by atoms with E-state index in [1.54, 1.807) is 0 Å². The van der Waals surface area contributed by atoms with Gasteiger partial charge in [0.2, 0.25) is 5.91 Å². The van der Waals surface area contributed by atoms with Gasteiger partial charge in [0, 0.05) is 28.3 Å². The number of Topliss-reactive ketones (excluding diaryl/α,β-unsaturated/α-hetero) is 1. The summed E-state index contributed by atoms with van der Waals surface area (Å²) >= 11 is 6.14. The first-order valence-corrected chi connectivity index (χ1v) is 15.1. The SMILES string of the molecule is N#C[C@@H](CC(=O)[C@H](CC1CCCCC1)NC(=O)OCC1(Cc2cccc(Cl)c2)CC1)CC1CC2(CC2)NC1=O.S.S. The number of hydrogen-bond acceptors (Lipinski definition) is 5. The monoisotopic (exact) mass is 621 g/mol. The van der Waals surface area contributed by atoms with E-state index in [1.165, 1.54) is 6.42 Å². The molecule has 2 amide bonds. The van der Waals surface area contributed by atoms with Crippen LogP contribution in [0.15, 0.2) is 24.3 Å². The van der Waals surface area contributed by atoms with Crippen molar-refractivity contribution in [2.45, 2.75) is 101 Å². The largest absolute Gasteiger partial charge is 0.449 e. The molecule has 4 fully saturated rings. The van der Waals surface area contributed by atoms with Crippen molar-refractivity contribution in [3.05, 3.63) is 34.9 Å². The quantitative estimate of drug-likeness (QED) is 0.293. The minimum absolute atomic E-state index is 0. The molecule has 5 rings (SSSR count). The van der Waals surface area contributed by atoms with Crippen LogP contribution in [0.4, 0.5) is 4.79 Å². The van der Waals surface area contributed by atoms with E-state index in [2.05, 4.69) is 16.7 Å². The molecule has 1 aliphatic heterocycles. The number of alkyl carbamates (subject to hydrolysis) is 1. The lowest BCUT2D eigenvalue weighted by Gasteiger charge is -2.27. The molecule has 0 aromatic heterocycles. The highest BCUT2D eigenvalue weighted by molar-refractivity contribution is 7.59. The van der Waals surface area contributed by atoms with E-state index in [0.29, 0.717) is 30.4 Å². The molecule has 10 heteroatoms. The summed E-state index contributed by atoms with van der Waals surface area (Å²) in [6, 6.07) is 9.36. The lowest BCUT2D eigenvalue weighted by atomic mass is 9.82. The highest BCUT2D eigenvalue weighted by Gasteiger charge is 2.52. The maximum Gasteiger partial charge on any atom is 0.407 e. The van der Waals surface area contributed by atoms with E-state index in [1.807, 2.05) is 24.3 Å². The van der Waals surface area contributed by atoms with Crippen molar-refractivity contribution in [1.82, 2.24) is 10.6 Å². The first kappa shape index (κ1) is 33.6. The minimum atomic E-state index is -0.674. The number of carbonyl (C=O) groups is 3. The number of nitrogens with zero attached hydrogens (tertiary/aromatic N) is 1. The Morgan fingerprint density at radius 1 is 1.12 bits per heavy atom. The van der Waals surface area contributed by atoms with E-state index < -0.39 is 18.1 Å². The fourth-order valence-electron chi connectivity index (χ4n) is 6.62. The Bertz CT molecular complexity index is 1130. The fraction of sp³-hybridized carbons (Fsp3) is 0.677. The van der Waals surface area contributed by atoms with Gasteiger partial charge in [-0.2, -0.15) is 32.3 Å². The number of nitrogens with one attached hydrogen (secondary N) is 2. The molecule has 1 spiro atoms. The van der Waals surface area contributed by atoms with Crippen molar-refractivity contribution in [1.29, 1.82) is 5.26 Å². The van der Waals surface area contributed by atoms with Crippen LogP contribution in [0.3, 0.4) is 0 Å². The highest BCUT2D eigenvalue weighted by Crippen LogP contribution is 2.49. The van der Waals surface area contributed by atoms with Crippen molar-refractivity contribution < 1.29 is 19.1 Å². The molecule has 1 unspecified atom stereocenters. The van der Waals surface area contributed by atoms with Gasteiger partial charge in [-0.3, -0.25) is 9.59 Å². The maximum atomic E-state index is 13.5. The zero-order chi connectivity index (χ0) is 27.5. The zero-order valence-corrected chi connectivity index (χ0v) is 26.4. The fourth-order valence-corrected chi connectivity index (χ4v) is 6.83. The molecule has 1 heterocycles. The van der Waals surface area contributed by atoms with Gasteiger partial charge < -0.3 is 15.4 Å². The second kappa shape index (κ2) is 14.5. The van der Waals surface area contributed by atoms with Gasteiger partial charge in [-0.05, 0) is 75.0 Å². The predicted octanol–water partition coefficient (Wildman–Crippen LogP) is 6.11. The molecule has 7 nitrogen and oxygen atoms in total. The smallest absolute Gasteiger partial charge is 0.407 e. The van der Waals surface area contributed by atoms with Crippen molar-refractivity contribution in [2.75, 3.05) is 6.61 Å². The lowest BCUT2D eigenvalue weighted by molar-refractivity contribution is -0.124. The van der Waals surface area contributed by atoms with Crippen LogP contribution in [0.25, 0.3) is 0 Å². The van der Waals surface area contributed by atoms with Crippen LogP contribution in [-0.4, -0.2) is 36.0 Å². The molecule has 3 atom stereocenters. The Balaban J connectivity index is 0.00000231. The summed E-state index contributed by atoms with van der Waals surface area (Å²) in [7, 11) is 0. The Labute approximate surface area is 262 Å². The maximum absolute atomic E-state index is 13.5. The lowest BCUT2D eigenvalue weighted by Crippen LogP contribution is -2.43. The summed E-state index contributed by atoms with van der Waals surface area (Å²) in [6.07, 6.45) is 11.6. The second-order valence-electron chi connectivity index (χ2n) is 12.7. The minimum Gasteiger partial charge on any atom is -0.449 e. The number of carbonyl (C=O) groups excluding carboxylic acids is 3. The molecule has 4 aliphatic rings. The molecule has 1 aromatic rings. The van der Waals surface area contributed by atoms with E-state index in [4.69, 9.17) is 16.3 Å². The topological polar surface area (TPSA) is 108 Å². The Morgan fingerprint density at radius 3 is 2.46 bits per heavy atom. The molecule has 0 bridgehead atoms. The summed E-state index contributed by atoms with van der Waals surface area (Å²) in [5, 5.41) is 16.5. The molecular weight excluding hydrogens is 578 g/mol. The van der Waals surface area contributed by atoms with Crippen LogP contribution >= 0.6 is 38.6 Å². The highest BCUT2D eigenvalue weighted by atomic mass is 35.5. The van der Waals surface area contributed by atoms with Gasteiger partial charge in [0.15, 0.2) is 5.78 Å². The molecule has 226 valence electrons. The number of ether oxygens (including phenoxy) is 1. The third kappa shape index (κ3) is 9.30. The Hall–Kier alpha value is -1.89. The first-order chi connectivity index (χ1) is 18.8. The van der Waals surface area contributed by atoms with Crippen molar-refractivity contribution in [3.8, 4) is 6.07 Å². The average Bonchev–Trinajstić information content (AvgIpc) is 3.83. The van der Waals surface area contributed by atoms with Crippen LogP contribution in [-0.2, 0) is 20.7 Å². The predicted molar refractivity (Wildman–Crippen MR) is 169 cm³/mol. The van der Waals surface area contributed by atoms with Crippen LogP contribution in [0, 0.1) is 34.5 Å². The molecule has 2 N–H and O–H groups in total. The van der Waals surface area contributed by atoms with E-state index in [9.17, 15) is 19.6 Å². The van der Waals surface area contributed by atoms with Crippen molar-refractivity contribution in [3.63, 3.8) is 0 Å². The summed E-state index contributed by atoms with van der Waals surface area (Å²) in [5.74, 6) is -0.507. The molecule has 3 aliphatic carbocycles. The van der Waals surface area contributed by atoms with Crippen molar-refractivity contribution >= 4 is 56.4 Å². The summed E-state index contributed by atoms with van der Waals surface area (Å²) in [6.45, 7) is 0.301. The number of halogens is 1. The van der Waals surface area contributed by atoms with Gasteiger partial charge in [-0.1, -0.05) is 55.8 Å². The summed E-state index contributed by atoms with van der Waals surface area (Å²) in [5.41, 5.74) is 1.00. The number of rotatable bonds is 12. The average molecular weight is 622 g/mol. The van der Waals surface area contributed by atoms with Gasteiger partial charge >= 0.3 is 6.09 Å². The molecule has 1 saturated heterocycles. The van der Waals surface area contributed by atoms with Gasteiger partial charge in [0.1, 0.15) is 0 Å². The number of amides is 2. The Kier molecular flexibility index (Phi) is 11.9. The molecule has 1 aromatic carbocycles. The number of nitriles is 1. The molecule has 0 radical (unpaired) electrons. The van der Waals surface area contributed by atoms with Crippen LogP contribution in [0.2, 0.25) is 5.02 Å². The van der Waals surface area contributed by atoms with Gasteiger partial charge in [0.25, 0.3) is 0 Å². The molecule has 41 heavy (non-hydrogen) atoms. The summed E-state index contributed by atoms with van der Waals surface area (Å²) in [4.78, 5) is 38.8. The Morgan fingerprint density at radius 2 is 1.85 bits per heavy atom. The number of benzene rings is 1. The standard InChI is InChI=1S/C31H40ClN3O4.2H2S/c32-25-8-4-7-22(14-25)17-30(9-10-30)20-39-29(38)34-26(15-21-5-2-1-3-6-21)27(36)16-23(19-33)13-24-18-31(11-12-31)35-28(24)37;;/h4,7-8,14,21,23-24,26H,1-3,5-6,9-13,15-18,20H2,(H,34,38)(H,35,37);2*1H2/t23-,24?,26+;;/m1../s1. The summed E-state index contributed by atoms with van der Waals surface area (Å²) < 4.78 is 5.67. The third-order valence-electron chi connectivity index (χ3n) is 9.36. The molecule has 3 saturated carbocycles. The third-order valence-corrected chi connectivity index (χ3v) is 9.59. The van der Waals surface area contributed by atoms with Crippen LogP contribution in [0.1, 0.15) is 89.0 Å². The van der Waals surface area contributed by atoms with Crippen molar-refractivity contribution in [2.24, 2.45) is 23.2 Å². The van der Waals surface area contributed by atoms with Gasteiger partial charge in [0.05, 0.1) is 24.6 Å². The van der Waals surface area contributed by atoms with Crippen LogP contribution in [0.5, 0.6) is 0 Å². The van der Waals surface area contributed by atoms with E-state index in [0.717, 1.165) is 69.8 Å². The second-order valence-corrected chi connectivity index (χ2v) is 13.2. The molecular formula is C31H44ClN3O4S2. The van der Waals surface area contributed by atoms with Gasteiger partial charge in [-0.15, -0.1) is 0 Å². The van der Waals surface area contributed by atoms with E-state index >= 15 is 0 Å². The normalized spacial score (nSPS) is 23.1. The number of hydrogen-bond donors (Lipinski definition) is 2. The van der Waals surface area contributed by atoms with Crippen LogP contribution < -0.4 is 10.6 Å².